The normalized spacial score (nSPS) is 11.3. The first-order chi connectivity index (χ1) is 7.34. The van der Waals surface area contributed by atoms with Crippen molar-refractivity contribution in [1.29, 1.82) is 0 Å². The summed E-state index contributed by atoms with van der Waals surface area (Å²) in [6, 6.07) is 2.35. The lowest BCUT2D eigenvalue weighted by atomic mass is 10.2. The molecule has 0 saturated carbocycles. The van der Waals surface area contributed by atoms with Crippen LogP contribution in [0.3, 0.4) is 0 Å². The summed E-state index contributed by atoms with van der Waals surface area (Å²) in [7, 11) is 0. The molecule has 1 N–H and O–H groups in total. The molecule has 0 atom stereocenters. The number of nitrogens with one attached hydrogen (secondary N) is 1. The maximum Gasteiger partial charge on any atom is 0.416 e. The van der Waals surface area contributed by atoms with Crippen molar-refractivity contribution in [1.82, 2.24) is 0 Å². The van der Waals surface area contributed by atoms with Gasteiger partial charge in [0.15, 0.2) is 0 Å². The maximum atomic E-state index is 13.3. The topological polar surface area (TPSA) is 12.0 Å². The van der Waals surface area contributed by atoms with Crippen LogP contribution >= 0.6 is 0 Å². The van der Waals surface area contributed by atoms with Crippen LogP contribution in [-0.2, 0) is 6.18 Å². The Labute approximate surface area is 90.8 Å². The Morgan fingerprint density at radius 1 is 1.38 bits per heavy atom. The smallest absolute Gasteiger partial charge is 0.357 e. The van der Waals surface area contributed by atoms with E-state index in [0.717, 1.165) is 12.1 Å². The van der Waals surface area contributed by atoms with Crippen molar-refractivity contribution in [2.45, 2.75) is 19.5 Å². The number of hydrogen-bond donors (Lipinski definition) is 1. The van der Waals surface area contributed by atoms with Gasteiger partial charge in [-0.25, -0.2) is 4.39 Å². The molecular formula is C11H11F4N. The predicted molar refractivity (Wildman–Crippen MR) is 54.5 cm³/mol. The highest BCUT2D eigenvalue weighted by molar-refractivity contribution is 5.50. The summed E-state index contributed by atoms with van der Waals surface area (Å²) >= 11 is 0. The molecule has 1 aromatic rings. The van der Waals surface area contributed by atoms with Crippen molar-refractivity contribution >= 4 is 5.69 Å². The molecule has 0 saturated heterocycles. The van der Waals surface area contributed by atoms with E-state index in [1.165, 1.54) is 0 Å². The number of allylic oxidation sites excluding steroid dienone is 1. The first-order valence-corrected chi connectivity index (χ1v) is 4.66. The fraction of sp³-hybridized carbons (Fsp3) is 0.273. The zero-order valence-electron chi connectivity index (χ0n) is 8.66. The summed E-state index contributed by atoms with van der Waals surface area (Å²) in [5.74, 6) is -0.940. The van der Waals surface area contributed by atoms with Gasteiger partial charge >= 0.3 is 6.18 Å². The third kappa shape index (κ3) is 2.98. The number of alkyl halides is 3. The van der Waals surface area contributed by atoms with E-state index in [1.807, 2.05) is 0 Å². The summed E-state index contributed by atoms with van der Waals surface area (Å²) in [5.41, 5.74) is -0.462. The molecular weight excluding hydrogens is 222 g/mol. The first kappa shape index (κ1) is 12.5. The maximum absolute atomic E-state index is 13.3. The van der Waals surface area contributed by atoms with Gasteiger partial charge in [-0.15, -0.1) is 0 Å². The van der Waals surface area contributed by atoms with Crippen LogP contribution in [0, 0.1) is 5.82 Å². The van der Waals surface area contributed by atoms with E-state index in [9.17, 15) is 17.6 Å². The van der Waals surface area contributed by atoms with E-state index in [0.29, 0.717) is 18.2 Å². The Kier molecular flexibility index (Phi) is 3.57. The van der Waals surface area contributed by atoms with Crippen LogP contribution in [0.15, 0.2) is 30.5 Å². The minimum Gasteiger partial charge on any atom is -0.357 e. The highest BCUT2D eigenvalue weighted by Crippen LogP contribution is 2.31. The van der Waals surface area contributed by atoms with Gasteiger partial charge in [0.25, 0.3) is 0 Å². The molecule has 0 bridgehead atoms. The molecule has 0 aliphatic heterocycles. The molecule has 1 aromatic carbocycles. The lowest BCUT2D eigenvalue weighted by molar-refractivity contribution is -0.137. The Bertz CT molecular complexity index is 395. The molecule has 1 nitrogen and oxygen atoms in total. The van der Waals surface area contributed by atoms with Crippen molar-refractivity contribution in [2.75, 3.05) is 5.32 Å². The van der Waals surface area contributed by atoms with Crippen LogP contribution in [0.5, 0.6) is 0 Å². The predicted octanol–water partition coefficient (Wildman–Crippen LogP) is 4.18. The molecule has 0 radical (unpaired) electrons. The molecule has 0 fully saturated rings. The second-order valence-corrected chi connectivity index (χ2v) is 3.27. The van der Waals surface area contributed by atoms with Crippen LogP contribution in [0.25, 0.3) is 0 Å². The Balaban J connectivity index is 2.96. The van der Waals surface area contributed by atoms with Crippen molar-refractivity contribution in [3.63, 3.8) is 0 Å². The second-order valence-electron chi connectivity index (χ2n) is 3.27. The van der Waals surface area contributed by atoms with Crippen LogP contribution < -0.4 is 5.32 Å². The number of hydrogen-bond acceptors (Lipinski definition) is 1. The van der Waals surface area contributed by atoms with Crippen molar-refractivity contribution in [2.24, 2.45) is 0 Å². The summed E-state index contributed by atoms with van der Waals surface area (Å²) in [5, 5.41) is 2.60. The summed E-state index contributed by atoms with van der Waals surface area (Å²) in [4.78, 5) is 0. The zero-order valence-corrected chi connectivity index (χ0v) is 8.66. The van der Waals surface area contributed by atoms with Crippen molar-refractivity contribution in [3.05, 3.63) is 41.9 Å². The highest BCUT2D eigenvalue weighted by atomic mass is 19.4. The van der Waals surface area contributed by atoms with Gasteiger partial charge in [-0.3, -0.25) is 0 Å². The van der Waals surface area contributed by atoms with E-state index in [-0.39, 0.29) is 5.69 Å². The minimum absolute atomic E-state index is 0.000139. The van der Waals surface area contributed by atoms with E-state index in [2.05, 4.69) is 11.9 Å². The van der Waals surface area contributed by atoms with E-state index in [4.69, 9.17) is 0 Å². The van der Waals surface area contributed by atoms with Gasteiger partial charge in [-0.05, 0) is 24.6 Å². The van der Waals surface area contributed by atoms with Gasteiger partial charge in [0.1, 0.15) is 5.82 Å². The number of benzene rings is 1. The molecule has 88 valence electrons. The van der Waals surface area contributed by atoms with E-state index >= 15 is 0 Å². The summed E-state index contributed by atoms with van der Waals surface area (Å²) in [6.45, 7) is 5.38. The summed E-state index contributed by atoms with van der Waals surface area (Å²) < 4.78 is 49.9. The van der Waals surface area contributed by atoms with Gasteiger partial charge in [-0.2, -0.15) is 13.2 Å². The largest absolute Gasteiger partial charge is 0.416 e. The number of rotatable bonds is 3. The van der Waals surface area contributed by atoms with Gasteiger partial charge in [-0.1, -0.05) is 13.5 Å². The van der Waals surface area contributed by atoms with Gasteiger partial charge in [0.2, 0.25) is 0 Å². The van der Waals surface area contributed by atoms with Gasteiger partial charge in [0.05, 0.1) is 11.3 Å². The minimum atomic E-state index is -4.53. The third-order valence-corrected chi connectivity index (χ3v) is 2.03. The van der Waals surface area contributed by atoms with E-state index in [1.54, 1.807) is 6.92 Å². The first-order valence-electron chi connectivity index (χ1n) is 4.66. The highest BCUT2D eigenvalue weighted by Gasteiger charge is 2.31. The van der Waals surface area contributed by atoms with Crippen LogP contribution in [0.1, 0.15) is 18.9 Å². The molecule has 1 rings (SSSR count). The van der Waals surface area contributed by atoms with Crippen molar-refractivity contribution in [3.8, 4) is 0 Å². The molecule has 0 aliphatic rings. The SMILES string of the molecule is C=C(CC)Nc1ccc(C(F)(F)F)cc1F. The lowest BCUT2D eigenvalue weighted by Gasteiger charge is -2.11. The average Bonchev–Trinajstić information content (AvgIpc) is 2.19. The van der Waals surface area contributed by atoms with Gasteiger partial charge in [0, 0.05) is 5.70 Å². The Hall–Kier alpha value is -1.52. The van der Waals surface area contributed by atoms with Crippen molar-refractivity contribution < 1.29 is 17.6 Å². The Morgan fingerprint density at radius 3 is 2.44 bits per heavy atom. The molecule has 0 unspecified atom stereocenters. The molecule has 0 heterocycles. The number of anilines is 1. The van der Waals surface area contributed by atoms with Crippen LogP contribution in [0.2, 0.25) is 0 Å². The molecule has 0 amide bonds. The monoisotopic (exact) mass is 233 g/mol. The summed E-state index contributed by atoms with van der Waals surface area (Å²) in [6.07, 6.45) is -3.96. The van der Waals surface area contributed by atoms with Crippen LogP contribution in [-0.4, -0.2) is 0 Å². The van der Waals surface area contributed by atoms with E-state index < -0.39 is 17.6 Å². The zero-order chi connectivity index (χ0) is 12.3. The molecule has 0 aromatic heterocycles. The quantitative estimate of drug-likeness (QED) is 0.772. The lowest BCUT2D eigenvalue weighted by Crippen LogP contribution is -2.07. The van der Waals surface area contributed by atoms with Gasteiger partial charge < -0.3 is 5.32 Å². The molecule has 16 heavy (non-hydrogen) atoms. The number of halogens is 4. The fourth-order valence-corrected chi connectivity index (χ4v) is 1.07. The fourth-order valence-electron chi connectivity index (χ4n) is 1.07. The average molecular weight is 233 g/mol. The molecule has 0 spiro atoms. The molecule has 0 aliphatic carbocycles. The van der Waals surface area contributed by atoms with Crippen LogP contribution in [0.4, 0.5) is 23.2 Å². The standard InChI is InChI=1S/C11H11F4N/c1-3-7(2)16-10-5-4-8(6-9(10)12)11(13,14)15/h4-6,16H,2-3H2,1H3. The third-order valence-electron chi connectivity index (χ3n) is 2.03. The Morgan fingerprint density at radius 2 is 2.00 bits per heavy atom. The molecule has 5 heteroatoms. The second kappa shape index (κ2) is 4.55.